The summed E-state index contributed by atoms with van der Waals surface area (Å²) in [5.41, 5.74) is 1.03. The molecule has 0 unspecified atom stereocenters. The first-order chi connectivity index (χ1) is 12.3. The van der Waals surface area contributed by atoms with Crippen molar-refractivity contribution in [2.24, 2.45) is 0 Å². The Kier molecular flexibility index (Phi) is 4.83. The number of morpholine rings is 1. The number of rotatable bonds is 5. The predicted molar refractivity (Wildman–Crippen MR) is 94.0 cm³/mol. The van der Waals surface area contributed by atoms with Crippen molar-refractivity contribution in [2.45, 2.75) is 50.7 Å². The summed E-state index contributed by atoms with van der Waals surface area (Å²) in [5, 5.41) is 0. The minimum Gasteiger partial charge on any atom is -0.441 e. The van der Waals surface area contributed by atoms with Crippen LogP contribution in [0.5, 0.6) is 0 Å². The molecule has 2 aliphatic rings. The number of oxazole rings is 1. The van der Waals surface area contributed by atoms with Gasteiger partial charge in [-0.2, -0.15) is 0 Å². The van der Waals surface area contributed by atoms with E-state index in [9.17, 15) is 4.79 Å². The van der Waals surface area contributed by atoms with Gasteiger partial charge in [0.05, 0.1) is 24.9 Å². The standard InChI is InChI=1S/C20H24N2O3/c23-20(22-12-13-24-17-9-4-8-16(17)22)11-5-10-19-21-14-18(25-19)15-6-2-1-3-7-15/h1-3,6-7,14,16-17H,4-5,8-13H2/t16-,17-/m0/s1. The van der Waals surface area contributed by atoms with Gasteiger partial charge >= 0.3 is 0 Å². The van der Waals surface area contributed by atoms with Crippen LogP contribution in [0.25, 0.3) is 11.3 Å². The van der Waals surface area contributed by atoms with E-state index in [1.54, 1.807) is 6.20 Å². The Bertz CT molecular complexity index is 713. The molecule has 0 spiro atoms. The number of hydrogen-bond acceptors (Lipinski definition) is 4. The monoisotopic (exact) mass is 340 g/mol. The number of aryl methyl sites for hydroxylation is 1. The Balaban J connectivity index is 1.29. The third-order valence-electron chi connectivity index (χ3n) is 5.20. The molecule has 5 nitrogen and oxygen atoms in total. The molecule has 1 aliphatic heterocycles. The Labute approximate surface area is 148 Å². The van der Waals surface area contributed by atoms with Crippen molar-refractivity contribution in [3.63, 3.8) is 0 Å². The topological polar surface area (TPSA) is 55.6 Å². The molecule has 2 fully saturated rings. The van der Waals surface area contributed by atoms with Crippen LogP contribution in [0.15, 0.2) is 40.9 Å². The molecule has 0 N–H and O–H groups in total. The van der Waals surface area contributed by atoms with E-state index in [1.165, 1.54) is 0 Å². The first kappa shape index (κ1) is 16.3. The summed E-state index contributed by atoms with van der Waals surface area (Å²) < 4.78 is 11.6. The molecule has 132 valence electrons. The molecule has 4 rings (SSSR count). The number of fused-ring (bicyclic) bond motifs is 1. The molecule has 0 radical (unpaired) electrons. The molecule has 1 aromatic carbocycles. The Morgan fingerprint density at radius 1 is 1.24 bits per heavy atom. The predicted octanol–water partition coefficient (Wildman–Crippen LogP) is 3.44. The van der Waals surface area contributed by atoms with Gasteiger partial charge in [0.1, 0.15) is 0 Å². The van der Waals surface area contributed by atoms with Gasteiger partial charge in [0.15, 0.2) is 11.7 Å². The van der Waals surface area contributed by atoms with E-state index in [2.05, 4.69) is 4.98 Å². The maximum atomic E-state index is 12.6. The number of ether oxygens (including phenoxy) is 1. The van der Waals surface area contributed by atoms with Gasteiger partial charge in [0, 0.05) is 24.9 Å². The molecular formula is C20H24N2O3. The molecule has 1 saturated heterocycles. The summed E-state index contributed by atoms with van der Waals surface area (Å²) in [6.07, 6.45) is 7.36. The van der Waals surface area contributed by atoms with Gasteiger partial charge in [-0.15, -0.1) is 0 Å². The largest absolute Gasteiger partial charge is 0.441 e. The molecule has 25 heavy (non-hydrogen) atoms. The average Bonchev–Trinajstić information content (AvgIpc) is 3.31. The summed E-state index contributed by atoms with van der Waals surface area (Å²) in [6.45, 7) is 1.41. The fraction of sp³-hybridized carbons (Fsp3) is 0.500. The maximum Gasteiger partial charge on any atom is 0.223 e. The summed E-state index contributed by atoms with van der Waals surface area (Å²) in [5.74, 6) is 1.73. The van der Waals surface area contributed by atoms with Crippen molar-refractivity contribution >= 4 is 5.91 Å². The molecule has 1 saturated carbocycles. The highest BCUT2D eigenvalue weighted by atomic mass is 16.5. The maximum absolute atomic E-state index is 12.6. The second-order valence-electron chi connectivity index (χ2n) is 6.83. The second kappa shape index (κ2) is 7.40. The Morgan fingerprint density at radius 3 is 3.00 bits per heavy atom. The van der Waals surface area contributed by atoms with Gasteiger partial charge in [-0.25, -0.2) is 4.98 Å². The number of amides is 1. The number of nitrogens with zero attached hydrogens (tertiary/aromatic N) is 2. The highest BCUT2D eigenvalue weighted by Crippen LogP contribution is 2.30. The van der Waals surface area contributed by atoms with Crippen molar-refractivity contribution < 1.29 is 13.9 Å². The Morgan fingerprint density at radius 2 is 2.12 bits per heavy atom. The van der Waals surface area contributed by atoms with Crippen molar-refractivity contribution in [1.29, 1.82) is 0 Å². The van der Waals surface area contributed by atoms with Crippen LogP contribution in [-0.2, 0) is 16.0 Å². The van der Waals surface area contributed by atoms with Crippen LogP contribution in [0.3, 0.4) is 0 Å². The number of hydrogen-bond donors (Lipinski definition) is 0. The van der Waals surface area contributed by atoms with Gasteiger partial charge in [-0.3, -0.25) is 4.79 Å². The smallest absolute Gasteiger partial charge is 0.223 e. The highest BCUT2D eigenvalue weighted by molar-refractivity contribution is 5.76. The normalized spacial score (nSPS) is 22.8. The zero-order chi connectivity index (χ0) is 17.1. The van der Waals surface area contributed by atoms with E-state index in [-0.39, 0.29) is 12.0 Å². The van der Waals surface area contributed by atoms with E-state index in [0.717, 1.165) is 43.6 Å². The van der Waals surface area contributed by atoms with Gasteiger partial charge < -0.3 is 14.1 Å². The molecule has 1 aromatic heterocycles. The van der Waals surface area contributed by atoms with Crippen molar-refractivity contribution in [3.8, 4) is 11.3 Å². The molecular weight excluding hydrogens is 316 g/mol. The van der Waals surface area contributed by atoms with Crippen LogP contribution in [0.4, 0.5) is 0 Å². The SMILES string of the molecule is O=C(CCCc1ncc(-c2ccccc2)o1)N1CCO[C@H]2CCC[C@@H]21. The number of benzene rings is 1. The molecule has 1 aliphatic carbocycles. The van der Waals surface area contributed by atoms with E-state index in [4.69, 9.17) is 9.15 Å². The molecule has 5 heteroatoms. The minimum atomic E-state index is 0.245. The third kappa shape index (κ3) is 3.61. The number of aromatic nitrogens is 1. The van der Waals surface area contributed by atoms with E-state index in [1.807, 2.05) is 35.2 Å². The van der Waals surface area contributed by atoms with E-state index in [0.29, 0.717) is 31.4 Å². The Hall–Kier alpha value is -2.14. The lowest BCUT2D eigenvalue weighted by Crippen LogP contribution is -2.51. The van der Waals surface area contributed by atoms with Gasteiger partial charge in [-0.1, -0.05) is 30.3 Å². The van der Waals surface area contributed by atoms with Crippen molar-refractivity contribution in [2.75, 3.05) is 13.2 Å². The molecule has 2 atom stereocenters. The molecule has 2 aromatic rings. The minimum absolute atomic E-state index is 0.245. The lowest BCUT2D eigenvalue weighted by atomic mass is 10.1. The zero-order valence-electron chi connectivity index (χ0n) is 14.4. The fourth-order valence-corrected chi connectivity index (χ4v) is 3.93. The summed E-state index contributed by atoms with van der Waals surface area (Å²) in [4.78, 5) is 19.0. The lowest BCUT2D eigenvalue weighted by molar-refractivity contribution is -0.144. The van der Waals surface area contributed by atoms with Gasteiger partial charge in [0.2, 0.25) is 5.91 Å². The third-order valence-corrected chi connectivity index (χ3v) is 5.20. The summed E-state index contributed by atoms with van der Waals surface area (Å²) in [7, 11) is 0. The average molecular weight is 340 g/mol. The van der Waals surface area contributed by atoms with E-state index < -0.39 is 0 Å². The van der Waals surface area contributed by atoms with Gasteiger partial charge in [-0.05, 0) is 25.7 Å². The van der Waals surface area contributed by atoms with Gasteiger partial charge in [0.25, 0.3) is 0 Å². The lowest BCUT2D eigenvalue weighted by Gasteiger charge is -2.37. The first-order valence-corrected chi connectivity index (χ1v) is 9.22. The quantitative estimate of drug-likeness (QED) is 0.836. The zero-order valence-corrected chi connectivity index (χ0v) is 14.4. The molecule has 2 heterocycles. The molecule has 1 amide bonds. The van der Waals surface area contributed by atoms with E-state index >= 15 is 0 Å². The van der Waals surface area contributed by atoms with Crippen LogP contribution in [0.1, 0.15) is 38.0 Å². The highest BCUT2D eigenvalue weighted by Gasteiger charge is 2.37. The number of carbonyl (C=O) groups is 1. The fourth-order valence-electron chi connectivity index (χ4n) is 3.93. The van der Waals surface area contributed by atoms with Crippen LogP contribution >= 0.6 is 0 Å². The van der Waals surface area contributed by atoms with Crippen LogP contribution in [0, 0.1) is 0 Å². The van der Waals surface area contributed by atoms with Crippen molar-refractivity contribution in [1.82, 2.24) is 9.88 Å². The summed E-state index contributed by atoms with van der Waals surface area (Å²) >= 11 is 0. The summed E-state index contributed by atoms with van der Waals surface area (Å²) in [6, 6.07) is 10.2. The molecule has 0 bridgehead atoms. The van der Waals surface area contributed by atoms with Crippen molar-refractivity contribution in [3.05, 3.63) is 42.4 Å². The van der Waals surface area contributed by atoms with Crippen LogP contribution in [0.2, 0.25) is 0 Å². The van der Waals surface area contributed by atoms with Crippen LogP contribution < -0.4 is 0 Å². The second-order valence-corrected chi connectivity index (χ2v) is 6.83. The first-order valence-electron chi connectivity index (χ1n) is 9.22. The number of carbonyl (C=O) groups excluding carboxylic acids is 1. The van der Waals surface area contributed by atoms with Crippen LogP contribution in [-0.4, -0.2) is 41.1 Å².